The van der Waals surface area contributed by atoms with Crippen LogP contribution in [0.15, 0.2) is 91.5 Å². The monoisotopic (exact) mass is 640 g/mol. The minimum atomic E-state index is -0.594. The average molecular weight is 641 g/mol. The summed E-state index contributed by atoms with van der Waals surface area (Å²) < 4.78 is 18.3. The van der Waals surface area contributed by atoms with Gasteiger partial charge in [0.25, 0.3) is 0 Å². The Balaban J connectivity index is 1.16. The van der Waals surface area contributed by atoms with Crippen LogP contribution >= 0.6 is 0 Å². The summed E-state index contributed by atoms with van der Waals surface area (Å²) in [5.41, 5.74) is 4.21. The Bertz CT molecular complexity index is 1510. The molecule has 0 saturated carbocycles. The lowest BCUT2D eigenvalue weighted by Gasteiger charge is -2.46. The number of nitrogens with zero attached hydrogens (tertiary/aromatic N) is 2. The quantitative estimate of drug-likeness (QED) is 0.271. The number of anilines is 1. The average Bonchev–Trinajstić information content (AvgIpc) is 3.43. The van der Waals surface area contributed by atoms with Gasteiger partial charge in [-0.05, 0) is 41.7 Å². The molecule has 47 heavy (non-hydrogen) atoms. The van der Waals surface area contributed by atoms with E-state index in [0.717, 1.165) is 53.9 Å². The van der Waals surface area contributed by atoms with Gasteiger partial charge in [0.15, 0.2) is 6.29 Å². The molecule has 10 nitrogen and oxygen atoms in total. The molecule has 3 aliphatic rings. The first-order valence-electron chi connectivity index (χ1n) is 16.3. The number of amides is 2. The number of para-hydroxylation sites is 1. The van der Waals surface area contributed by atoms with Crippen LogP contribution in [0, 0.1) is 5.92 Å². The van der Waals surface area contributed by atoms with Crippen LogP contribution in [0.4, 0.5) is 10.5 Å². The van der Waals surface area contributed by atoms with E-state index in [-0.39, 0.29) is 37.2 Å². The van der Waals surface area contributed by atoms with Crippen LogP contribution in [0.1, 0.15) is 54.4 Å². The Hall–Kier alpha value is -4.22. The van der Waals surface area contributed by atoms with Crippen molar-refractivity contribution in [2.45, 2.75) is 57.0 Å². The normalized spacial score (nSPS) is 24.1. The molecule has 6 rings (SSSR count). The van der Waals surface area contributed by atoms with Crippen molar-refractivity contribution >= 4 is 17.7 Å². The second-order valence-corrected chi connectivity index (χ2v) is 12.6. The molecule has 0 unspecified atom stereocenters. The van der Waals surface area contributed by atoms with Gasteiger partial charge in [0, 0.05) is 43.3 Å². The highest BCUT2D eigenvalue weighted by atomic mass is 16.7. The van der Waals surface area contributed by atoms with Crippen molar-refractivity contribution in [2.24, 2.45) is 5.92 Å². The number of benzene rings is 3. The zero-order chi connectivity index (χ0) is 32.8. The van der Waals surface area contributed by atoms with Crippen molar-refractivity contribution in [2.75, 3.05) is 37.8 Å². The summed E-state index contributed by atoms with van der Waals surface area (Å²) in [4.78, 5) is 29.7. The van der Waals surface area contributed by atoms with E-state index in [2.05, 4.69) is 46.1 Å². The lowest BCUT2D eigenvalue weighted by Crippen LogP contribution is -2.57. The van der Waals surface area contributed by atoms with E-state index in [0.29, 0.717) is 19.8 Å². The molecule has 2 amide bonds. The highest BCUT2D eigenvalue weighted by molar-refractivity contribution is 5.93. The number of alkyl carbamates (subject to hydrolysis) is 1. The molecule has 3 aromatic carbocycles. The van der Waals surface area contributed by atoms with Crippen molar-refractivity contribution in [1.29, 1.82) is 0 Å². The Morgan fingerprint density at radius 3 is 2.38 bits per heavy atom. The fourth-order valence-corrected chi connectivity index (χ4v) is 6.87. The Morgan fingerprint density at radius 1 is 1.02 bits per heavy atom. The molecule has 0 radical (unpaired) electrons. The van der Waals surface area contributed by atoms with E-state index >= 15 is 0 Å². The molecule has 0 bridgehead atoms. The second-order valence-electron chi connectivity index (χ2n) is 12.6. The molecular weight excluding hydrogens is 596 g/mol. The lowest BCUT2D eigenvalue weighted by atomic mass is 9.84. The minimum Gasteiger partial charge on any atom is -0.445 e. The number of likely N-dealkylation sites (tertiary alicyclic amines) is 1. The molecule has 3 aromatic rings. The summed E-state index contributed by atoms with van der Waals surface area (Å²) in [7, 11) is 0. The molecule has 0 aromatic heterocycles. The van der Waals surface area contributed by atoms with Gasteiger partial charge in [-0.1, -0.05) is 86.3 Å². The first-order chi connectivity index (χ1) is 22.9. The van der Waals surface area contributed by atoms with E-state index < -0.39 is 17.9 Å². The Morgan fingerprint density at radius 2 is 1.70 bits per heavy atom. The Kier molecular flexibility index (Phi) is 10.2. The van der Waals surface area contributed by atoms with Crippen molar-refractivity contribution in [3.63, 3.8) is 0 Å². The summed E-state index contributed by atoms with van der Waals surface area (Å²) in [6, 6.07) is 25.9. The zero-order valence-electron chi connectivity index (χ0n) is 26.8. The topological polar surface area (TPSA) is 113 Å². The first kappa shape index (κ1) is 32.7. The first-order valence-corrected chi connectivity index (χ1v) is 16.3. The van der Waals surface area contributed by atoms with Crippen molar-refractivity contribution in [1.82, 2.24) is 15.5 Å². The number of carbonyl (C=O) groups excluding carboxylic acids is 2. The van der Waals surface area contributed by atoms with Gasteiger partial charge in [0.1, 0.15) is 12.1 Å². The summed E-state index contributed by atoms with van der Waals surface area (Å²) in [6.45, 7) is 8.99. The van der Waals surface area contributed by atoms with Gasteiger partial charge < -0.3 is 39.8 Å². The van der Waals surface area contributed by atoms with E-state index in [1.165, 1.54) is 6.08 Å². The van der Waals surface area contributed by atoms with Gasteiger partial charge in [0.2, 0.25) is 5.91 Å². The molecule has 3 fully saturated rings. The number of hydrogen-bond donors (Lipinski definition) is 3. The van der Waals surface area contributed by atoms with E-state index in [1.807, 2.05) is 66.7 Å². The summed E-state index contributed by atoms with van der Waals surface area (Å²) in [5.74, 6) is 0.151. The molecule has 3 heterocycles. The maximum absolute atomic E-state index is 13.2. The molecule has 0 aliphatic carbocycles. The van der Waals surface area contributed by atoms with Crippen molar-refractivity contribution in [3.05, 3.63) is 114 Å². The highest BCUT2D eigenvalue weighted by Gasteiger charge is 2.51. The number of piperidine rings is 1. The predicted molar refractivity (Wildman–Crippen MR) is 178 cm³/mol. The third kappa shape index (κ3) is 7.21. The van der Waals surface area contributed by atoms with E-state index in [1.54, 1.807) is 0 Å². The summed E-state index contributed by atoms with van der Waals surface area (Å²) in [5, 5.41) is 15.4. The largest absolute Gasteiger partial charge is 0.445 e. The van der Waals surface area contributed by atoms with Crippen LogP contribution in [-0.4, -0.2) is 66.6 Å². The minimum absolute atomic E-state index is 0.0148. The van der Waals surface area contributed by atoms with Crippen molar-refractivity contribution in [3.8, 4) is 0 Å². The van der Waals surface area contributed by atoms with Crippen LogP contribution in [0.5, 0.6) is 0 Å². The van der Waals surface area contributed by atoms with Gasteiger partial charge in [-0.15, -0.1) is 0 Å². The molecule has 3 aliphatic heterocycles. The predicted octanol–water partition coefficient (Wildman–Crippen LogP) is 4.81. The maximum atomic E-state index is 13.2. The van der Waals surface area contributed by atoms with Gasteiger partial charge in [-0.3, -0.25) is 4.79 Å². The number of ether oxygens (including phenoxy) is 3. The Labute approximate surface area is 276 Å². The standard InChI is InChI=1S/C37H44N4O6/c1-3-21-45-36(44)38-22-27-9-15-30(16-10-27)34-46-32(26(2)33(47-34)29-13-11-28(24-42)12-14-29)23-40-19-17-37(18-20-40)35(43)39-25-41(37)31-7-5-4-6-8-31/h3-16,26,32-34,42H,1,17-25H2,2H3,(H,38,44)(H,39,43)/t26-,32+,33+,34+/m0/s1. The molecule has 4 atom stereocenters. The maximum Gasteiger partial charge on any atom is 0.407 e. The molecule has 1 spiro atoms. The summed E-state index contributed by atoms with van der Waals surface area (Å²) in [6.07, 6.45) is 1.55. The zero-order valence-corrected chi connectivity index (χ0v) is 26.8. The fraction of sp³-hybridized carbons (Fsp3) is 0.405. The lowest BCUT2D eigenvalue weighted by molar-refractivity contribution is -0.276. The molecule has 3 N–H and O–H groups in total. The number of rotatable bonds is 10. The van der Waals surface area contributed by atoms with E-state index in [9.17, 15) is 14.7 Å². The van der Waals surface area contributed by atoms with Crippen LogP contribution in [-0.2, 0) is 32.2 Å². The number of aliphatic hydroxyl groups is 1. The van der Waals surface area contributed by atoms with Gasteiger partial charge in [-0.25, -0.2) is 4.79 Å². The number of carbonyl (C=O) groups is 2. The third-order valence-corrected chi connectivity index (χ3v) is 9.67. The SMILES string of the molecule is C=CCOC(=O)NCc1ccc([C@@H]2O[C@H](CN3CCC4(CC3)C(=O)NCN4c3ccccc3)[C@H](C)[C@H](c3ccc(CO)cc3)O2)cc1. The highest BCUT2D eigenvalue weighted by Crippen LogP contribution is 2.43. The smallest absolute Gasteiger partial charge is 0.407 e. The third-order valence-electron chi connectivity index (χ3n) is 9.67. The molecule has 3 saturated heterocycles. The molecule has 10 heteroatoms. The summed E-state index contributed by atoms with van der Waals surface area (Å²) >= 11 is 0. The number of nitrogens with one attached hydrogen (secondary N) is 2. The fourth-order valence-electron chi connectivity index (χ4n) is 6.87. The van der Waals surface area contributed by atoms with Gasteiger partial charge in [0.05, 0.1) is 25.5 Å². The number of aliphatic hydroxyl groups excluding tert-OH is 1. The number of hydrogen-bond acceptors (Lipinski definition) is 8. The van der Waals surface area contributed by atoms with Crippen LogP contribution in [0.25, 0.3) is 0 Å². The van der Waals surface area contributed by atoms with Crippen LogP contribution in [0.2, 0.25) is 0 Å². The van der Waals surface area contributed by atoms with Gasteiger partial charge in [-0.2, -0.15) is 0 Å². The second kappa shape index (κ2) is 14.7. The van der Waals surface area contributed by atoms with Crippen molar-refractivity contribution < 1.29 is 28.9 Å². The molecular formula is C37H44N4O6. The van der Waals surface area contributed by atoms with Crippen LogP contribution in [0.3, 0.4) is 0 Å². The van der Waals surface area contributed by atoms with Crippen LogP contribution < -0.4 is 15.5 Å². The van der Waals surface area contributed by atoms with E-state index in [4.69, 9.17) is 14.2 Å². The van der Waals surface area contributed by atoms with Gasteiger partial charge >= 0.3 is 6.09 Å². The molecule has 248 valence electrons.